The lowest BCUT2D eigenvalue weighted by Gasteiger charge is -2.39. The molecule has 7 nitrogen and oxygen atoms in total. The first-order valence-electron chi connectivity index (χ1n) is 11.7. The van der Waals surface area contributed by atoms with Gasteiger partial charge in [0.05, 0.1) is 7.11 Å². The molecule has 1 N–H and O–H groups in total. The monoisotopic (exact) mass is 489 g/mol. The molecule has 2 amide bonds. The summed E-state index contributed by atoms with van der Waals surface area (Å²) in [7, 11) is 1.27. The number of nitrogens with one attached hydrogen (secondary N) is 1. The van der Waals surface area contributed by atoms with Crippen LogP contribution in [-0.2, 0) is 20.7 Å². The molecule has 0 unspecified atom stereocenters. The summed E-state index contributed by atoms with van der Waals surface area (Å²) < 4.78 is 18.3. The molecule has 0 spiro atoms. The molecule has 2 heterocycles. The van der Waals surface area contributed by atoms with Gasteiger partial charge in [-0.25, -0.2) is 9.18 Å². The lowest BCUT2D eigenvalue weighted by atomic mass is 9.92. The van der Waals surface area contributed by atoms with Gasteiger partial charge in [0.2, 0.25) is 5.91 Å². The van der Waals surface area contributed by atoms with Crippen LogP contribution in [0.5, 0.6) is 0 Å². The minimum absolute atomic E-state index is 0.0756. The fraction of sp³-hybridized carbons (Fsp3) is 0.286. The second-order valence-corrected chi connectivity index (χ2v) is 9.42. The van der Waals surface area contributed by atoms with E-state index in [-0.39, 0.29) is 23.8 Å². The largest absolute Gasteiger partial charge is 0.467 e. The third kappa shape index (κ3) is 5.27. The fourth-order valence-electron chi connectivity index (χ4n) is 4.68. The molecule has 36 heavy (non-hydrogen) atoms. The van der Waals surface area contributed by atoms with E-state index in [9.17, 15) is 18.8 Å². The highest BCUT2D eigenvalue weighted by atomic mass is 19.1. The first-order valence-corrected chi connectivity index (χ1v) is 11.7. The van der Waals surface area contributed by atoms with Gasteiger partial charge in [-0.05, 0) is 49.6 Å². The number of hydrogen-bond acceptors (Lipinski definition) is 5. The summed E-state index contributed by atoms with van der Waals surface area (Å²) in [6.45, 7) is 3.66. The van der Waals surface area contributed by atoms with Gasteiger partial charge >= 0.3 is 5.97 Å². The van der Waals surface area contributed by atoms with Crippen molar-refractivity contribution in [3.63, 3.8) is 0 Å². The van der Waals surface area contributed by atoms with Crippen LogP contribution in [0.25, 0.3) is 11.1 Å². The van der Waals surface area contributed by atoms with E-state index in [0.29, 0.717) is 6.42 Å². The van der Waals surface area contributed by atoms with Gasteiger partial charge < -0.3 is 15.0 Å². The van der Waals surface area contributed by atoms with Crippen molar-refractivity contribution in [1.82, 2.24) is 15.2 Å². The predicted octanol–water partition coefficient (Wildman–Crippen LogP) is 3.78. The van der Waals surface area contributed by atoms with Crippen molar-refractivity contribution in [2.24, 2.45) is 0 Å². The molecule has 8 heteroatoms. The Kier molecular flexibility index (Phi) is 7.15. The van der Waals surface area contributed by atoms with Gasteiger partial charge in [-0.2, -0.15) is 0 Å². The van der Waals surface area contributed by atoms with Gasteiger partial charge in [0.1, 0.15) is 23.6 Å². The molecule has 1 fully saturated rings. The van der Waals surface area contributed by atoms with E-state index in [1.54, 1.807) is 30.5 Å². The Morgan fingerprint density at radius 3 is 2.36 bits per heavy atom. The van der Waals surface area contributed by atoms with Gasteiger partial charge in [-0.15, -0.1) is 0 Å². The van der Waals surface area contributed by atoms with Crippen LogP contribution in [0.2, 0.25) is 0 Å². The first-order chi connectivity index (χ1) is 17.2. The van der Waals surface area contributed by atoms with Gasteiger partial charge in [-0.1, -0.05) is 48.5 Å². The zero-order valence-corrected chi connectivity index (χ0v) is 20.4. The van der Waals surface area contributed by atoms with E-state index in [4.69, 9.17) is 4.74 Å². The lowest BCUT2D eigenvalue weighted by Crippen LogP contribution is -2.54. The van der Waals surface area contributed by atoms with Crippen molar-refractivity contribution < 1.29 is 23.5 Å². The number of halogens is 1. The highest BCUT2D eigenvalue weighted by Gasteiger charge is 2.50. The summed E-state index contributed by atoms with van der Waals surface area (Å²) in [5.41, 5.74) is 2.02. The molecule has 0 saturated carbocycles. The van der Waals surface area contributed by atoms with Crippen molar-refractivity contribution in [1.29, 1.82) is 0 Å². The van der Waals surface area contributed by atoms with Crippen LogP contribution in [0.15, 0.2) is 72.9 Å². The van der Waals surface area contributed by atoms with Crippen molar-refractivity contribution in [3.8, 4) is 11.1 Å². The van der Waals surface area contributed by atoms with Crippen molar-refractivity contribution in [2.75, 3.05) is 7.11 Å². The molecule has 2 atom stereocenters. The van der Waals surface area contributed by atoms with Gasteiger partial charge in [0.15, 0.2) is 0 Å². The van der Waals surface area contributed by atoms with Crippen LogP contribution in [0.1, 0.15) is 36.3 Å². The summed E-state index contributed by atoms with van der Waals surface area (Å²) in [6, 6.07) is 17.3. The average Bonchev–Trinajstić information content (AvgIpc) is 3.22. The number of pyridine rings is 1. The van der Waals surface area contributed by atoms with E-state index in [0.717, 1.165) is 16.7 Å². The van der Waals surface area contributed by atoms with Crippen LogP contribution in [0, 0.1) is 5.82 Å². The van der Waals surface area contributed by atoms with Crippen LogP contribution in [-0.4, -0.2) is 52.4 Å². The zero-order chi connectivity index (χ0) is 25.9. The number of benzene rings is 2. The first kappa shape index (κ1) is 25.0. The van der Waals surface area contributed by atoms with Crippen LogP contribution >= 0.6 is 0 Å². The number of aromatic nitrogens is 1. The Hall–Kier alpha value is -4.07. The molecule has 3 aromatic rings. The van der Waals surface area contributed by atoms with Gasteiger partial charge in [0, 0.05) is 23.7 Å². The number of methoxy groups -OCH3 is 1. The van der Waals surface area contributed by atoms with E-state index in [1.807, 2.05) is 44.2 Å². The molecule has 4 rings (SSSR count). The SMILES string of the molecule is COC(=O)[C@@H]1C[C@H](NC(=O)c2ccc(-c3ccccc3)cn2)C(=O)N1C(C)(C)Cc1ccc(F)cc1. The van der Waals surface area contributed by atoms with Crippen LogP contribution < -0.4 is 5.32 Å². The molecule has 0 radical (unpaired) electrons. The summed E-state index contributed by atoms with van der Waals surface area (Å²) >= 11 is 0. The zero-order valence-electron chi connectivity index (χ0n) is 20.4. The number of likely N-dealkylation sites (tertiary alicyclic amines) is 1. The summed E-state index contributed by atoms with van der Waals surface area (Å²) in [4.78, 5) is 44.7. The third-order valence-corrected chi connectivity index (χ3v) is 6.39. The van der Waals surface area contributed by atoms with E-state index >= 15 is 0 Å². The van der Waals surface area contributed by atoms with E-state index < -0.39 is 29.5 Å². The molecule has 0 aliphatic carbocycles. The van der Waals surface area contributed by atoms with Crippen molar-refractivity contribution >= 4 is 17.8 Å². The third-order valence-electron chi connectivity index (χ3n) is 6.39. The molecule has 1 saturated heterocycles. The second kappa shape index (κ2) is 10.3. The van der Waals surface area contributed by atoms with Crippen LogP contribution in [0.3, 0.4) is 0 Å². The Morgan fingerprint density at radius 2 is 1.75 bits per heavy atom. The molecule has 2 aromatic carbocycles. The van der Waals surface area contributed by atoms with Crippen molar-refractivity contribution in [3.05, 3.63) is 90.0 Å². The van der Waals surface area contributed by atoms with E-state index in [1.165, 1.54) is 24.1 Å². The number of esters is 1. The van der Waals surface area contributed by atoms with Gasteiger partial charge in [-0.3, -0.25) is 14.6 Å². The number of rotatable bonds is 7. The summed E-state index contributed by atoms with van der Waals surface area (Å²) in [5, 5.41) is 2.74. The number of carbonyl (C=O) groups is 3. The van der Waals surface area contributed by atoms with Crippen LogP contribution in [0.4, 0.5) is 4.39 Å². The topological polar surface area (TPSA) is 88.6 Å². The molecule has 1 aliphatic heterocycles. The Morgan fingerprint density at radius 1 is 1.06 bits per heavy atom. The lowest BCUT2D eigenvalue weighted by molar-refractivity contribution is -0.153. The molecule has 1 aliphatic rings. The molecule has 0 bridgehead atoms. The highest BCUT2D eigenvalue weighted by Crippen LogP contribution is 2.32. The van der Waals surface area contributed by atoms with Crippen molar-refractivity contribution in [2.45, 2.75) is 44.3 Å². The Labute approximate surface area is 209 Å². The molecule has 1 aromatic heterocycles. The quantitative estimate of drug-likeness (QED) is 0.511. The fourth-order valence-corrected chi connectivity index (χ4v) is 4.68. The molecule has 186 valence electrons. The summed E-state index contributed by atoms with van der Waals surface area (Å²) in [5.74, 6) is -1.80. The number of ether oxygens (including phenoxy) is 1. The predicted molar refractivity (Wildman–Crippen MR) is 132 cm³/mol. The summed E-state index contributed by atoms with van der Waals surface area (Å²) in [6.07, 6.45) is 2.07. The normalized spacial score (nSPS) is 17.7. The molecular formula is C28H28FN3O4. The average molecular weight is 490 g/mol. The maximum Gasteiger partial charge on any atom is 0.328 e. The number of amides is 2. The number of hydrogen-bond donors (Lipinski definition) is 1. The molecular weight excluding hydrogens is 461 g/mol. The number of carbonyl (C=O) groups excluding carboxylic acids is 3. The maximum atomic E-state index is 13.5. The minimum Gasteiger partial charge on any atom is -0.467 e. The van der Waals surface area contributed by atoms with E-state index in [2.05, 4.69) is 10.3 Å². The maximum absolute atomic E-state index is 13.5. The Balaban J connectivity index is 1.51. The smallest absolute Gasteiger partial charge is 0.328 e. The van der Waals surface area contributed by atoms with Gasteiger partial charge in [0.25, 0.3) is 5.91 Å². The standard InChI is InChI=1S/C28H28FN3O4/c1-28(2,16-18-9-12-21(29)13-10-18)32-24(27(35)36-3)15-23(26(32)34)31-25(33)22-14-11-20(17-30-22)19-7-5-4-6-8-19/h4-14,17,23-24H,15-16H2,1-3H3,(H,31,33)/t23-,24-/m0/s1. The number of nitrogens with zero attached hydrogens (tertiary/aromatic N) is 2. The Bertz CT molecular complexity index is 1240. The minimum atomic E-state index is -0.912. The highest BCUT2D eigenvalue weighted by molar-refractivity contribution is 5.99. The second-order valence-electron chi connectivity index (χ2n) is 9.42.